The Bertz CT molecular complexity index is 684. The highest BCUT2D eigenvalue weighted by atomic mass is 79.9. The minimum Gasteiger partial charge on any atom is -0.466 e. The van der Waals surface area contributed by atoms with Crippen LogP contribution in [0.2, 0.25) is 5.02 Å². The molecule has 112 valence electrons. The molecule has 0 aliphatic rings. The summed E-state index contributed by atoms with van der Waals surface area (Å²) in [6.07, 6.45) is 1.65. The lowest BCUT2D eigenvalue weighted by atomic mass is 10.2. The van der Waals surface area contributed by atoms with Gasteiger partial charge in [0.15, 0.2) is 5.82 Å². The Morgan fingerprint density at radius 3 is 3.05 bits per heavy atom. The highest BCUT2D eigenvalue weighted by molar-refractivity contribution is 9.10. The van der Waals surface area contributed by atoms with Gasteiger partial charge >= 0.3 is 5.97 Å². The molecule has 0 unspecified atom stereocenters. The monoisotopic (exact) mass is 375 g/mol. The molecule has 0 amide bonds. The number of nitrogens with one attached hydrogen (secondary N) is 1. The van der Waals surface area contributed by atoms with Gasteiger partial charge in [0.25, 0.3) is 0 Å². The second-order valence-electron chi connectivity index (χ2n) is 4.10. The molecule has 0 bridgehead atoms. The van der Waals surface area contributed by atoms with E-state index in [0.717, 1.165) is 0 Å². The van der Waals surface area contributed by atoms with Crippen molar-refractivity contribution in [2.45, 2.75) is 13.3 Å². The molecule has 8 heteroatoms. The van der Waals surface area contributed by atoms with E-state index >= 15 is 0 Å². The second kappa shape index (κ2) is 7.00. The van der Waals surface area contributed by atoms with E-state index in [1.165, 1.54) is 6.20 Å². The molecule has 5 nitrogen and oxygen atoms in total. The van der Waals surface area contributed by atoms with Crippen LogP contribution in [0.5, 0.6) is 0 Å². The number of hydrogen-bond donors (Lipinski definition) is 1. The van der Waals surface area contributed by atoms with Crippen LogP contribution in [0.25, 0.3) is 10.9 Å². The Morgan fingerprint density at radius 1 is 1.57 bits per heavy atom. The number of ether oxygens (including phenoxy) is 1. The zero-order valence-electron chi connectivity index (χ0n) is 11.1. The normalized spacial score (nSPS) is 10.7. The van der Waals surface area contributed by atoms with E-state index < -0.39 is 5.82 Å². The first-order chi connectivity index (χ1) is 10.0. The van der Waals surface area contributed by atoms with E-state index in [2.05, 4.69) is 31.2 Å². The number of anilines is 1. The predicted octanol–water partition coefficient (Wildman–Crippen LogP) is 3.55. The quantitative estimate of drug-likeness (QED) is 0.638. The first-order valence-corrected chi connectivity index (χ1v) is 7.39. The standard InChI is InChI=1S/C13H12BrClFN3O2/c1-2-21-9(20)3-4-17-13-18-6-7-5-8(15)10(14)11(16)12(7)19-13/h5-6H,2-4H2,1H3,(H,17,18,19). The first-order valence-electron chi connectivity index (χ1n) is 6.22. The summed E-state index contributed by atoms with van der Waals surface area (Å²) in [6.45, 7) is 2.38. The van der Waals surface area contributed by atoms with Gasteiger partial charge in [0.1, 0.15) is 5.52 Å². The van der Waals surface area contributed by atoms with Crippen molar-refractivity contribution in [1.29, 1.82) is 0 Å². The van der Waals surface area contributed by atoms with E-state index in [1.54, 1.807) is 13.0 Å². The van der Waals surface area contributed by atoms with Crippen molar-refractivity contribution in [2.24, 2.45) is 0 Å². The molecule has 0 fully saturated rings. The molecule has 0 aliphatic heterocycles. The molecule has 0 aliphatic carbocycles. The first kappa shape index (κ1) is 15.9. The van der Waals surface area contributed by atoms with Gasteiger partial charge in [0.05, 0.1) is 22.5 Å². The van der Waals surface area contributed by atoms with Crippen molar-refractivity contribution >= 4 is 50.4 Å². The number of carbonyl (C=O) groups is 1. The van der Waals surface area contributed by atoms with Crippen molar-refractivity contribution < 1.29 is 13.9 Å². The highest BCUT2D eigenvalue weighted by Gasteiger charge is 2.12. The molecule has 1 aromatic heterocycles. The molecule has 2 rings (SSSR count). The summed E-state index contributed by atoms with van der Waals surface area (Å²) in [5.74, 6) is -0.625. The maximum Gasteiger partial charge on any atom is 0.307 e. The lowest BCUT2D eigenvalue weighted by Gasteiger charge is -2.07. The smallest absolute Gasteiger partial charge is 0.307 e. The molecule has 1 heterocycles. The van der Waals surface area contributed by atoms with Crippen molar-refractivity contribution in [3.8, 4) is 0 Å². The van der Waals surface area contributed by atoms with E-state index in [4.69, 9.17) is 16.3 Å². The van der Waals surface area contributed by atoms with Gasteiger partial charge in [-0.25, -0.2) is 14.4 Å². The van der Waals surface area contributed by atoms with Crippen molar-refractivity contribution in [3.05, 3.63) is 27.6 Å². The minimum atomic E-state index is -0.548. The van der Waals surface area contributed by atoms with Crippen LogP contribution in [0.15, 0.2) is 16.7 Å². The van der Waals surface area contributed by atoms with Crippen molar-refractivity contribution in [1.82, 2.24) is 9.97 Å². The predicted molar refractivity (Wildman–Crippen MR) is 81.9 cm³/mol. The lowest BCUT2D eigenvalue weighted by Crippen LogP contribution is -2.12. The number of benzene rings is 1. The fraction of sp³-hybridized carbons (Fsp3) is 0.308. The molecule has 2 aromatic rings. The highest BCUT2D eigenvalue weighted by Crippen LogP contribution is 2.31. The van der Waals surface area contributed by atoms with Gasteiger partial charge in [0, 0.05) is 18.1 Å². The van der Waals surface area contributed by atoms with Crippen LogP contribution in [-0.2, 0) is 9.53 Å². The van der Waals surface area contributed by atoms with Gasteiger partial charge in [-0.3, -0.25) is 4.79 Å². The molecular formula is C13H12BrClFN3O2. The topological polar surface area (TPSA) is 64.1 Å². The summed E-state index contributed by atoms with van der Waals surface area (Å²) in [6, 6.07) is 1.58. The number of hydrogen-bond acceptors (Lipinski definition) is 5. The molecule has 21 heavy (non-hydrogen) atoms. The second-order valence-corrected chi connectivity index (χ2v) is 5.30. The van der Waals surface area contributed by atoms with Crippen LogP contribution in [-0.4, -0.2) is 29.1 Å². The maximum atomic E-state index is 14.1. The van der Waals surface area contributed by atoms with E-state index in [9.17, 15) is 9.18 Å². The Hall–Kier alpha value is -1.47. The third-order valence-electron chi connectivity index (χ3n) is 2.63. The van der Waals surface area contributed by atoms with E-state index in [1.807, 2.05) is 0 Å². The molecule has 1 N–H and O–H groups in total. The summed E-state index contributed by atoms with van der Waals surface area (Å²) < 4.78 is 19.0. The largest absolute Gasteiger partial charge is 0.466 e. The molecule has 0 saturated carbocycles. The summed E-state index contributed by atoms with van der Waals surface area (Å²) in [5, 5.41) is 3.60. The Balaban J connectivity index is 2.14. The minimum absolute atomic E-state index is 0.153. The Kier molecular flexibility index (Phi) is 5.30. The molecule has 0 saturated heterocycles. The number of rotatable bonds is 5. The third-order valence-corrected chi connectivity index (χ3v) is 3.93. The van der Waals surface area contributed by atoms with E-state index in [-0.39, 0.29) is 33.4 Å². The number of aromatic nitrogens is 2. The van der Waals surface area contributed by atoms with Gasteiger partial charge in [-0.05, 0) is 28.9 Å². The summed E-state index contributed by atoms with van der Waals surface area (Å²) in [4.78, 5) is 19.3. The average Bonchev–Trinajstić information content (AvgIpc) is 2.46. The summed E-state index contributed by atoms with van der Waals surface area (Å²) in [7, 11) is 0. The molecule has 0 spiro atoms. The van der Waals surface area contributed by atoms with Gasteiger partial charge in [-0.15, -0.1) is 0 Å². The Labute approximate surface area is 134 Å². The fourth-order valence-corrected chi connectivity index (χ4v) is 2.18. The zero-order chi connectivity index (χ0) is 15.4. The lowest BCUT2D eigenvalue weighted by molar-refractivity contribution is -0.142. The molecule has 1 aromatic carbocycles. The SMILES string of the molecule is CCOC(=O)CCNc1ncc2cc(Cl)c(Br)c(F)c2n1. The fourth-order valence-electron chi connectivity index (χ4n) is 1.68. The van der Waals surface area contributed by atoms with Crippen LogP contribution < -0.4 is 5.32 Å². The molecule has 0 atom stereocenters. The number of halogens is 3. The number of carbonyl (C=O) groups excluding carboxylic acids is 1. The van der Waals surface area contributed by atoms with Gasteiger partial charge < -0.3 is 10.1 Å². The third kappa shape index (κ3) is 3.79. The van der Waals surface area contributed by atoms with E-state index in [0.29, 0.717) is 18.5 Å². The summed E-state index contributed by atoms with van der Waals surface area (Å²) in [5.41, 5.74) is 0.153. The zero-order valence-corrected chi connectivity index (χ0v) is 13.5. The molecular weight excluding hydrogens is 365 g/mol. The van der Waals surface area contributed by atoms with Crippen molar-refractivity contribution in [3.63, 3.8) is 0 Å². The molecule has 0 radical (unpaired) electrons. The van der Waals surface area contributed by atoms with Crippen LogP contribution in [0, 0.1) is 5.82 Å². The van der Waals surface area contributed by atoms with Gasteiger partial charge in [-0.2, -0.15) is 0 Å². The van der Waals surface area contributed by atoms with Crippen LogP contribution >= 0.6 is 27.5 Å². The van der Waals surface area contributed by atoms with Crippen LogP contribution in [0.4, 0.5) is 10.3 Å². The average molecular weight is 377 g/mol. The Morgan fingerprint density at radius 2 is 2.33 bits per heavy atom. The summed E-state index contributed by atoms with van der Waals surface area (Å²) >= 11 is 8.94. The maximum absolute atomic E-state index is 14.1. The van der Waals surface area contributed by atoms with Crippen LogP contribution in [0.3, 0.4) is 0 Å². The number of esters is 1. The van der Waals surface area contributed by atoms with Crippen LogP contribution in [0.1, 0.15) is 13.3 Å². The number of fused-ring (bicyclic) bond motifs is 1. The van der Waals surface area contributed by atoms with Gasteiger partial charge in [0.2, 0.25) is 5.95 Å². The number of nitrogens with zero attached hydrogens (tertiary/aromatic N) is 2. The van der Waals surface area contributed by atoms with Gasteiger partial charge in [-0.1, -0.05) is 11.6 Å². The van der Waals surface area contributed by atoms with Crippen molar-refractivity contribution in [2.75, 3.05) is 18.5 Å².